The van der Waals surface area contributed by atoms with Crippen LogP contribution in [0.3, 0.4) is 0 Å². The Kier molecular flexibility index (Phi) is 31.4. The van der Waals surface area contributed by atoms with Crippen LogP contribution in [0, 0.1) is 0 Å². The summed E-state index contributed by atoms with van der Waals surface area (Å²) in [6, 6.07) is 0. The summed E-state index contributed by atoms with van der Waals surface area (Å²) in [5.41, 5.74) is 0. The third kappa shape index (κ3) is 31.3. The molecule has 0 saturated carbocycles. The minimum Gasteiger partial charge on any atom is -0.462 e. The Hall–Kier alpha value is -1.29. The highest BCUT2D eigenvalue weighted by molar-refractivity contribution is 7.47. The maximum Gasteiger partial charge on any atom is 0.472 e. The summed E-state index contributed by atoms with van der Waals surface area (Å²) in [6.45, 7) is 2.29. The molecule has 0 aromatic carbocycles. The fraction of sp³-hybridized carbons (Fsp3) is 0.886. The summed E-state index contributed by atoms with van der Waals surface area (Å²) < 4.78 is 32.4. The van der Waals surface area contributed by atoms with Crippen LogP contribution in [0.15, 0.2) is 12.2 Å². The van der Waals surface area contributed by atoms with Gasteiger partial charge in [-0.05, 0) is 25.7 Å². The second-order valence-corrected chi connectivity index (χ2v) is 13.7. The fourth-order valence-corrected chi connectivity index (χ4v) is 5.62. The molecule has 0 rings (SSSR count). The van der Waals surface area contributed by atoms with Crippen molar-refractivity contribution < 1.29 is 47.8 Å². The Bertz CT molecular complexity index is 791. The van der Waals surface area contributed by atoms with E-state index in [9.17, 15) is 24.2 Å². The van der Waals surface area contributed by atoms with Crippen LogP contribution in [-0.4, -0.2) is 65.7 Å². The number of ether oxygens (including phenoxy) is 2. The molecule has 0 amide bonds. The number of allylic oxidation sites excluding steroid dienone is 2. The topological polar surface area (TPSA) is 149 Å². The third-order valence-electron chi connectivity index (χ3n) is 7.68. The van der Waals surface area contributed by atoms with Gasteiger partial charge in [-0.3, -0.25) is 18.6 Å². The van der Waals surface area contributed by atoms with Crippen LogP contribution < -0.4 is 0 Å². The number of esters is 2. The van der Waals surface area contributed by atoms with Crippen molar-refractivity contribution in [1.82, 2.24) is 0 Å². The first-order chi connectivity index (χ1) is 22.2. The molecule has 3 atom stereocenters. The zero-order valence-electron chi connectivity index (χ0n) is 29.0. The number of hydrogen-bond donors (Lipinski definition) is 3. The summed E-state index contributed by atoms with van der Waals surface area (Å²) in [7, 11) is -4.60. The van der Waals surface area contributed by atoms with Gasteiger partial charge in [-0.2, -0.15) is 0 Å². The van der Waals surface area contributed by atoms with Crippen molar-refractivity contribution in [2.45, 2.75) is 174 Å². The van der Waals surface area contributed by atoms with E-state index in [1.807, 2.05) is 6.08 Å². The van der Waals surface area contributed by atoms with E-state index in [2.05, 4.69) is 24.4 Å². The van der Waals surface area contributed by atoms with Crippen LogP contribution in [0.25, 0.3) is 0 Å². The average Bonchev–Trinajstić information content (AvgIpc) is 3.04. The van der Waals surface area contributed by atoms with Crippen LogP contribution in [-0.2, 0) is 32.7 Å². The first kappa shape index (κ1) is 44.7. The maximum atomic E-state index is 12.4. The van der Waals surface area contributed by atoms with Crippen molar-refractivity contribution in [1.29, 1.82) is 0 Å². The number of aliphatic hydroxyl groups is 2. The third-order valence-corrected chi connectivity index (χ3v) is 8.63. The minimum absolute atomic E-state index is 0.162. The zero-order valence-corrected chi connectivity index (χ0v) is 29.9. The lowest BCUT2D eigenvalue weighted by Crippen LogP contribution is -2.29. The number of unbranched alkanes of at least 4 members (excludes halogenated alkanes) is 18. The molecule has 10 nitrogen and oxygen atoms in total. The Morgan fingerprint density at radius 3 is 1.65 bits per heavy atom. The Morgan fingerprint density at radius 2 is 1.11 bits per heavy atom. The van der Waals surface area contributed by atoms with Gasteiger partial charge < -0.3 is 24.6 Å². The predicted molar refractivity (Wildman–Crippen MR) is 182 cm³/mol. The maximum absolute atomic E-state index is 12.4. The van der Waals surface area contributed by atoms with E-state index in [1.54, 1.807) is 0 Å². The van der Waals surface area contributed by atoms with E-state index in [0.29, 0.717) is 12.8 Å². The van der Waals surface area contributed by atoms with Crippen molar-refractivity contribution in [3.8, 4) is 0 Å². The Labute approximate surface area is 279 Å². The Morgan fingerprint density at radius 1 is 0.630 bits per heavy atom. The largest absolute Gasteiger partial charge is 0.472 e. The van der Waals surface area contributed by atoms with Crippen LogP contribution >= 0.6 is 7.82 Å². The van der Waals surface area contributed by atoms with Gasteiger partial charge in [0.15, 0.2) is 6.10 Å². The number of hydrogen-bond acceptors (Lipinski definition) is 9. The van der Waals surface area contributed by atoms with Crippen LogP contribution in [0.4, 0.5) is 0 Å². The first-order valence-corrected chi connectivity index (χ1v) is 19.6. The van der Waals surface area contributed by atoms with Gasteiger partial charge in [0.1, 0.15) is 12.7 Å². The van der Waals surface area contributed by atoms with Gasteiger partial charge in [0.25, 0.3) is 0 Å². The molecular formula is C35H67O10P. The van der Waals surface area contributed by atoms with E-state index in [4.69, 9.17) is 19.1 Å². The summed E-state index contributed by atoms with van der Waals surface area (Å²) in [5, 5.41) is 18.2. The van der Waals surface area contributed by atoms with E-state index >= 15 is 0 Å². The van der Waals surface area contributed by atoms with E-state index in [1.165, 1.54) is 89.9 Å². The minimum atomic E-state index is -4.60. The smallest absolute Gasteiger partial charge is 0.462 e. The highest BCUT2D eigenvalue weighted by Crippen LogP contribution is 2.43. The molecule has 0 aliphatic rings. The van der Waals surface area contributed by atoms with Gasteiger partial charge in [0.2, 0.25) is 0 Å². The molecule has 0 aromatic rings. The number of rotatable bonds is 34. The number of phosphoric ester groups is 1. The van der Waals surface area contributed by atoms with Crippen molar-refractivity contribution >= 4 is 19.8 Å². The highest BCUT2D eigenvalue weighted by atomic mass is 31.2. The molecule has 0 heterocycles. The molecular weight excluding hydrogens is 611 g/mol. The molecule has 272 valence electrons. The molecule has 0 bridgehead atoms. The molecule has 1 unspecified atom stereocenters. The molecule has 0 fully saturated rings. The second-order valence-electron chi connectivity index (χ2n) is 12.3. The van der Waals surface area contributed by atoms with Crippen molar-refractivity contribution in [3.63, 3.8) is 0 Å². The fourth-order valence-electron chi connectivity index (χ4n) is 4.83. The molecule has 0 aromatic heterocycles. The molecule has 3 N–H and O–H groups in total. The van der Waals surface area contributed by atoms with E-state index < -0.39 is 51.8 Å². The standard InChI is InChI=1S/C35H67O10P/c1-3-5-7-9-11-13-14-15-16-17-18-19-21-22-24-26-34(38)42-30-33(31-44-46(40,41)43-29-32(37)28-36)45-35(39)27-25-23-20-12-10-8-6-4-2/h21-22,32-33,36-37H,3-20,23-31H2,1-2H3,(H,40,41)/b22-21+/t32-,33+/m1/s1. The van der Waals surface area contributed by atoms with Crippen molar-refractivity contribution in [2.24, 2.45) is 0 Å². The molecule has 0 spiro atoms. The second kappa shape index (κ2) is 32.3. The summed E-state index contributed by atoms with van der Waals surface area (Å²) in [4.78, 5) is 34.6. The zero-order chi connectivity index (χ0) is 34.1. The number of carbonyl (C=O) groups excluding carboxylic acids is 2. The van der Waals surface area contributed by atoms with Gasteiger partial charge in [0, 0.05) is 12.8 Å². The SMILES string of the molecule is CCCCCCCCCCCCC/C=C/CCC(=O)OC[C@@H](COP(=O)(O)OC[C@H](O)CO)OC(=O)CCCCCCCCCC. The summed E-state index contributed by atoms with van der Waals surface area (Å²) in [5.74, 6) is -0.983. The lowest BCUT2D eigenvalue weighted by molar-refractivity contribution is -0.161. The lowest BCUT2D eigenvalue weighted by Gasteiger charge is -2.20. The summed E-state index contributed by atoms with van der Waals surface area (Å²) in [6.07, 6.45) is 26.4. The molecule has 0 radical (unpaired) electrons. The van der Waals surface area contributed by atoms with Crippen molar-refractivity contribution in [3.05, 3.63) is 12.2 Å². The predicted octanol–water partition coefficient (Wildman–Crippen LogP) is 8.50. The molecule has 46 heavy (non-hydrogen) atoms. The monoisotopic (exact) mass is 678 g/mol. The highest BCUT2D eigenvalue weighted by Gasteiger charge is 2.27. The van der Waals surface area contributed by atoms with Crippen molar-refractivity contribution in [2.75, 3.05) is 26.4 Å². The molecule has 0 aliphatic carbocycles. The number of phosphoric acid groups is 1. The molecule has 0 saturated heterocycles. The van der Waals surface area contributed by atoms with Gasteiger partial charge in [-0.1, -0.05) is 135 Å². The first-order valence-electron chi connectivity index (χ1n) is 18.1. The average molecular weight is 679 g/mol. The van der Waals surface area contributed by atoms with Gasteiger partial charge in [0.05, 0.1) is 19.8 Å². The van der Waals surface area contributed by atoms with Gasteiger partial charge in [-0.15, -0.1) is 0 Å². The van der Waals surface area contributed by atoms with Gasteiger partial charge in [-0.25, -0.2) is 4.57 Å². The van der Waals surface area contributed by atoms with E-state index in [0.717, 1.165) is 32.1 Å². The summed E-state index contributed by atoms with van der Waals surface area (Å²) >= 11 is 0. The van der Waals surface area contributed by atoms with Crippen LogP contribution in [0.5, 0.6) is 0 Å². The number of carbonyl (C=O) groups is 2. The lowest BCUT2D eigenvalue weighted by atomic mass is 10.1. The number of aliphatic hydroxyl groups excluding tert-OH is 2. The van der Waals surface area contributed by atoms with Gasteiger partial charge >= 0.3 is 19.8 Å². The van der Waals surface area contributed by atoms with Crippen LogP contribution in [0.1, 0.15) is 162 Å². The van der Waals surface area contributed by atoms with Crippen LogP contribution in [0.2, 0.25) is 0 Å². The quantitative estimate of drug-likeness (QED) is 0.0262. The normalized spacial score (nSPS) is 14.3. The van der Waals surface area contributed by atoms with E-state index in [-0.39, 0.29) is 19.4 Å². The molecule has 11 heteroatoms. The Balaban J connectivity index is 4.36. The molecule has 0 aliphatic heterocycles.